The van der Waals surface area contributed by atoms with Gasteiger partial charge in [0.25, 0.3) is 0 Å². The van der Waals surface area contributed by atoms with E-state index in [0.717, 1.165) is 0 Å². The highest BCUT2D eigenvalue weighted by molar-refractivity contribution is 6.33. The summed E-state index contributed by atoms with van der Waals surface area (Å²) in [7, 11) is 0. The van der Waals surface area contributed by atoms with Crippen LogP contribution in [0.15, 0.2) is 18.2 Å². The topological polar surface area (TPSA) is 52.5 Å². The van der Waals surface area contributed by atoms with Crippen LogP contribution >= 0.6 is 11.6 Å². The minimum Gasteiger partial charge on any atom is -0.276 e. The van der Waals surface area contributed by atoms with Crippen LogP contribution in [0.3, 0.4) is 0 Å². The number of nitriles is 1. The Morgan fingerprint density at radius 3 is 2.81 bits per heavy atom. The zero-order valence-corrected chi connectivity index (χ0v) is 9.14. The van der Waals surface area contributed by atoms with E-state index >= 15 is 0 Å². The van der Waals surface area contributed by atoms with E-state index in [1.54, 1.807) is 13.0 Å². The molecule has 5 heteroatoms. The second-order valence-electron chi connectivity index (χ2n) is 3.36. The Morgan fingerprint density at radius 2 is 2.19 bits per heavy atom. The number of hydrogen-bond acceptors (Lipinski definition) is 2. The van der Waals surface area contributed by atoms with E-state index in [1.807, 2.05) is 6.07 Å². The fraction of sp³-hybridized carbons (Fsp3) is 0.0909. The minimum atomic E-state index is -0.340. The van der Waals surface area contributed by atoms with Gasteiger partial charge in [-0.15, -0.1) is 0 Å². The number of hydrogen-bond donors (Lipinski definition) is 1. The molecule has 3 nitrogen and oxygen atoms in total. The van der Waals surface area contributed by atoms with Crippen molar-refractivity contribution in [2.24, 2.45) is 0 Å². The maximum Gasteiger partial charge on any atom is 0.162 e. The molecule has 0 saturated heterocycles. The summed E-state index contributed by atoms with van der Waals surface area (Å²) in [6.45, 7) is 1.64. The molecule has 0 aliphatic carbocycles. The van der Waals surface area contributed by atoms with E-state index in [0.29, 0.717) is 21.8 Å². The van der Waals surface area contributed by atoms with E-state index in [9.17, 15) is 4.39 Å². The molecule has 2 aromatic rings. The first-order chi connectivity index (χ1) is 7.61. The Balaban J connectivity index is 2.56. The summed E-state index contributed by atoms with van der Waals surface area (Å²) in [5, 5.41) is 15.4. The van der Waals surface area contributed by atoms with Crippen molar-refractivity contribution in [2.75, 3.05) is 0 Å². The number of H-pyrrole nitrogens is 1. The summed E-state index contributed by atoms with van der Waals surface area (Å²) >= 11 is 5.99. The van der Waals surface area contributed by atoms with Crippen LogP contribution < -0.4 is 0 Å². The predicted octanol–water partition coefficient (Wildman–Crippen LogP) is 3.05. The van der Waals surface area contributed by atoms with Gasteiger partial charge in [-0.1, -0.05) is 11.6 Å². The summed E-state index contributed by atoms with van der Waals surface area (Å²) < 4.78 is 13.4. The lowest BCUT2D eigenvalue weighted by atomic mass is 10.1. The van der Waals surface area contributed by atoms with Crippen molar-refractivity contribution in [3.05, 3.63) is 40.3 Å². The lowest BCUT2D eigenvalue weighted by molar-refractivity contribution is 0.619. The van der Waals surface area contributed by atoms with Gasteiger partial charge in [0.2, 0.25) is 0 Å². The average molecular weight is 236 g/mol. The molecule has 0 fully saturated rings. The Morgan fingerprint density at radius 1 is 1.44 bits per heavy atom. The first-order valence-electron chi connectivity index (χ1n) is 4.53. The van der Waals surface area contributed by atoms with Gasteiger partial charge in [-0.05, 0) is 24.6 Å². The lowest BCUT2D eigenvalue weighted by Crippen LogP contribution is -1.87. The van der Waals surface area contributed by atoms with Crippen LogP contribution in [0.4, 0.5) is 4.39 Å². The zero-order valence-electron chi connectivity index (χ0n) is 8.38. The number of nitrogens with one attached hydrogen (secondary N) is 1. The van der Waals surface area contributed by atoms with Crippen molar-refractivity contribution < 1.29 is 4.39 Å². The monoisotopic (exact) mass is 235 g/mol. The average Bonchev–Trinajstić information content (AvgIpc) is 2.71. The number of aromatic amines is 1. The number of halogens is 2. The molecular formula is C11H7ClFN3. The van der Waals surface area contributed by atoms with Crippen molar-refractivity contribution in [1.29, 1.82) is 5.26 Å². The normalized spacial score (nSPS) is 10.1. The lowest BCUT2D eigenvalue weighted by Gasteiger charge is -2.03. The third kappa shape index (κ3) is 1.77. The molecule has 0 aliphatic rings. The van der Waals surface area contributed by atoms with Crippen molar-refractivity contribution in [2.45, 2.75) is 6.92 Å². The highest BCUT2D eigenvalue weighted by Crippen LogP contribution is 2.29. The van der Waals surface area contributed by atoms with Crippen molar-refractivity contribution in [1.82, 2.24) is 10.2 Å². The highest BCUT2D eigenvalue weighted by atomic mass is 35.5. The number of nitrogens with zero attached hydrogens (tertiary/aromatic N) is 2. The van der Waals surface area contributed by atoms with Gasteiger partial charge in [-0.25, -0.2) is 4.39 Å². The molecule has 1 aromatic heterocycles. The number of benzene rings is 1. The molecule has 0 spiro atoms. The number of aryl methyl sites for hydroxylation is 1. The standard InChI is InChI=1S/C11H7ClFN3/c1-6-2-9(12)8(4-10(6)13)11-3-7(5-14)15-16-11/h2-4H,1H3,(H,15,16). The first-order valence-corrected chi connectivity index (χ1v) is 4.91. The Labute approximate surface area is 96.5 Å². The number of rotatable bonds is 1. The molecule has 1 N–H and O–H groups in total. The van der Waals surface area contributed by atoms with Crippen LogP contribution in [0, 0.1) is 24.1 Å². The van der Waals surface area contributed by atoms with Crippen molar-refractivity contribution >= 4 is 11.6 Å². The largest absolute Gasteiger partial charge is 0.276 e. The highest BCUT2D eigenvalue weighted by Gasteiger charge is 2.10. The third-order valence-electron chi connectivity index (χ3n) is 2.23. The van der Waals surface area contributed by atoms with Crippen LogP contribution in [0.25, 0.3) is 11.3 Å². The van der Waals surface area contributed by atoms with Gasteiger partial charge in [0, 0.05) is 11.6 Å². The van der Waals surface area contributed by atoms with Gasteiger partial charge in [-0.3, -0.25) is 5.10 Å². The molecule has 2 rings (SSSR count). The first kappa shape index (κ1) is 10.7. The third-order valence-corrected chi connectivity index (χ3v) is 2.54. The molecule has 0 amide bonds. The quantitative estimate of drug-likeness (QED) is 0.826. The molecule has 80 valence electrons. The summed E-state index contributed by atoms with van der Waals surface area (Å²) in [6, 6.07) is 6.27. The molecule has 1 aromatic carbocycles. The Kier molecular flexibility index (Phi) is 2.63. The van der Waals surface area contributed by atoms with Crippen LogP contribution in [-0.2, 0) is 0 Å². The van der Waals surface area contributed by atoms with Gasteiger partial charge in [-0.2, -0.15) is 10.4 Å². The van der Waals surface area contributed by atoms with Gasteiger partial charge in [0.1, 0.15) is 11.9 Å². The van der Waals surface area contributed by atoms with E-state index in [4.69, 9.17) is 16.9 Å². The molecule has 1 heterocycles. The van der Waals surface area contributed by atoms with Gasteiger partial charge in [0.15, 0.2) is 5.69 Å². The molecule has 0 radical (unpaired) electrons. The SMILES string of the molecule is Cc1cc(Cl)c(-c2cc(C#N)n[nH]2)cc1F. The fourth-order valence-electron chi connectivity index (χ4n) is 1.37. The molecule has 0 atom stereocenters. The summed E-state index contributed by atoms with van der Waals surface area (Å²) in [5.74, 6) is -0.340. The second kappa shape index (κ2) is 3.95. The second-order valence-corrected chi connectivity index (χ2v) is 3.77. The summed E-state index contributed by atoms with van der Waals surface area (Å²) in [4.78, 5) is 0. The van der Waals surface area contributed by atoms with E-state index in [2.05, 4.69) is 10.2 Å². The van der Waals surface area contributed by atoms with Crippen molar-refractivity contribution in [3.8, 4) is 17.3 Å². The van der Waals surface area contributed by atoms with Crippen LogP contribution in [0.2, 0.25) is 5.02 Å². The van der Waals surface area contributed by atoms with Gasteiger partial charge >= 0.3 is 0 Å². The molecule has 0 aliphatic heterocycles. The molecule has 0 unspecified atom stereocenters. The van der Waals surface area contributed by atoms with E-state index in [-0.39, 0.29) is 11.5 Å². The minimum absolute atomic E-state index is 0.243. The van der Waals surface area contributed by atoms with E-state index < -0.39 is 0 Å². The summed E-state index contributed by atoms with van der Waals surface area (Å²) in [5.41, 5.74) is 1.75. The van der Waals surface area contributed by atoms with Crippen LogP contribution in [-0.4, -0.2) is 10.2 Å². The van der Waals surface area contributed by atoms with Crippen molar-refractivity contribution in [3.63, 3.8) is 0 Å². The zero-order chi connectivity index (χ0) is 11.7. The van der Waals surface area contributed by atoms with Gasteiger partial charge in [0.05, 0.1) is 10.7 Å². The maximum absolute atomic E-state index is 13.4. The molecule has 0 saturated carbocycles. The fourth-order valence-corrected chi connectivity index (χ4v) is 1.69. The number of aromatic nitrogens is 2. The Hall–Kier alpha value is -1.86. The van der Waals surface area contributed by atoms with Crippen LogP contribution in [0.5, 0.6) is 0 Å². The molecular weight excluding hydrogens is 229 g/mol. The maximum atomic E-state index is 13.4. The smallest absolute Gasteiger partial charge is 0.162 e. The molecule has 0 bridgehead atoms. The van der Waals surface area contributed by atoms with E-state index in [1.165, 1.54) is 12.1 Å². The van der Waals surface area contributed by atoms with Gasteiger partial charge < -0.3 is 0 Å². The predicted molar refractivity (Wildman–Crippen MR) is 58.4 cm³/mol. The summed E-state index contributed by atoms with van der Waals surface area (Å²) in [6.07, 6.45) is 0. The Bertz CT molecular complexity index is 583. The molecule has 16 heavy (non-hydrogen) atoms. The van der Waals surface area contributed by atoms with Crippen LogP contribution in [0.1, 0.15) is 11.3 Å².